The fraction of sp³-hybridized carbons (Fsp3) is 0.647. The second-order valence-electron chi connectivity index (χ2n) is 6.27. The number of rotatable bonds is 3. The zero-order valence-corrected chi connectivity index (χ0v) is 12.1. The molecule has 2 aliphatic rings. The summed E-state index contributed by atoms with van der Waals surface area (Å²) < 4.78 is 0. The lowest BCUT2D eigenvalue weighted by atomic mass is 9.82. The molecule has 1 atom stereocenters. The Labute approximate surface area is 117 Å². The third-order valence-electron chi connectivity index (χ3n) is 4.87. The van der Waals surface area contributed by atoms with E-state index >= 15 is 0 Å². The molecule has 0 amide bonds. The van der Waals surface area contributed by atoms with E-state index in [0.29, 0.717) is 0 Å². The smallest absolute Gasteiger partial charge is 0.00916 e. The number of benzene rings is 1. The maximum absolute atomic E-state index is 3.83. The Bertz CT molecular complexity index is 407. The van der Waals surface area contributed by atoms with E-state index in [1.807, 2.05) is 0 Å². The van der Waals surface area contributed by atoms with E-state index in [4.69, 9.17) is 0 Å². The molecule has 1 aliphatic heterocycles. The van der Waals surface area contributed by atoms with E-state index in [1.165, 1.54) is 51.7 Å². The van der Waals surface area contributed by atoms with Crippen molar-refractivity contribution < 1.29 is 0 Å². The first kappa shape index (κ1) is 13.1. The van der Waals surface area contributed by atoms with Gasteiger partial charge in [0.1, 0.15) is 0 Å². The van der Waals surface area contributed by atoms with Gasteiger partial charge in [-0.15, -0.1) is 0 Å². The van der Waals surface area contributed by atoms with Crippen LogP contribution in [0.3, 0.4) is 0 Å². The Morgan fingerprint density at radius 1 is 1.16 bits per heavy atom. The van der Waals surface area contributed by atoms with Crippen LogP contribution in [0.2, 0.25) is 0 Å². The van der Waals surface area contributed by atoms with Gasteiger partial charge in [-0.25, -0.2) is 0 Å². The van der Waals surface area contributed by atoms with Crippen molar-refractivity contribution in [2.75, 3.05) is 26.7 Å². The number of piperidine rings is 1. The lowest BCUT2D eigenvalue weighted by Gasteiger charge is -2.32. The Kier molecular flexibility index (Phi) is 4.19. The molecule has 0 saturated carbocycles. The number of hydrogen-bond acceptors (Lipinski definition) is 2. The highest BCUT2D eigenvalue weighted by molar-refractivity contribution is 5.32. The highest BCUT2D eigenvalue weighted by atomic mass is 15.1. The standard InChI is InChI=1S/C17H26N2/c1-19-11-9-16(10-12-19)18-13-15-7-4-6-14-5-2-3-8-17(14)15/h2-3,5,8,15-16,18H,4,6-7,9-13H2,1H3. The van der Waals surface area contributed by atoms with Crippen LogP contribution in [0.1, 0.15) is 42.7 Å². The van der Waals surface area contributed by atoms with Crippen molar-refractivity contribution in [2.24, 2.45) is 0 Å². The summed E-state index contributed by atoms with van der Waals surface area (Å²) >= 11 is 0. The summed E-state index contributed by atoms with van der Waals surface area (Å²) in [5.41, 5.74) is 3.19. The largest absolute Gasteiger partial charge is 0.313 e. The molecule has 1 aliphatic carbocycles. The second-order valence-corrected chi connectivity index (χ2v) is 6.27. The Morgan fingerprint density at radius 2 is 1.95 bits per heavy atom. The molecule has 104 valence electrons. The fourth-order valence-electron chi connectivity index (χ4n) is 3.59. The molecule has 1 heterocycles. The zero-order valence-electron chi connectivity index (χ0n) is 12.1. The molecule has 1 unspecified atom stereocenters. The van der Waals surface area contributed by atoms with Crippen molar-refractivity contribution in [3.63, 3.8) is 0 Å². The SMILES string of the molecule is CN1CCC(NCC2CCCc3ccccc32)CC1. The van der Waals surface area contributed by atoms with Gasteiger partial charge < -0.3 is 10.2 Å². The molecule has 1 N–H and O–H groups in total. The zero-order chi connectivity index (χ0) is 13.1. The summed E-state index contributed by atoms with van der Waals surface area (Å²) in [5, 5.41) is 3.83. The van der Waals surface area contributed by atoms with Gasteiger partial charge in [-0.1, -0.05) is 24.3 Å². The molecular weight excluding hydrogens is 232 g/mol. The van der Waals surface area contributed by atoms with Gasteiger partial charge in [0, 0.05) is 12.6 Å². The van der Waals surface area contributed by atoms with Crippen LogP contribution in [-0.2, 0) is 6.42 Å². The first-order valence-electron chi connectivity index (χ1n) is 7.82. The number of hydrogen-bond donors (Lipinski definition) is 1. The fourth-order valence-corrected chi connectivity index (χ4v) is 3.59. The van der Waals surface area contributed by atoms with Gasteiger partial charge in [-0.05, 0) is 69.3 Å². The van der Waals surface area contributed by atoms with Crippen LogP contribution in [0.25, 0.3) is 0 Å². The summed E-state index contributed by atoms with van der Waals surface area (Å²) in [6.45, 7) is 3.67. The van der Waals surface area contributed by atoms with Crippen LogP contribution in [0.5, 0.6) is 0 Å². The van der Waals surface area contributed by atoms with Crippen LogP contribution in [0.15, 0.2) is 24.3 Å². The van der Waals surface area contributed by atoms with Gasteiger partial charge in [0.2, 0.25) is 0 Å². The third-order valence-corrected chi connectivity index (χ3v) is 4.87. The quantitative estimate of drug-likeness (QED) is 0.897. The maximum atomic E-state index is 3.83. The molecule has 0 radical (unpaired) electrons. The Morgan fingerprint density at radius 3 is 2.79 bits per heavy atom. The minimum atomic E-state index is 0.740. The highest BCUT2D eigenvalue weighted by Gasteiger charge is 2.22. The van der Waals surface area contributed by atoms with E-state index in [2.05, 4.69) is 41.5 Å². The molecule has 2 nitrogen and oxygen atoms in total. The highest BCUT2D eigenvalue weighted by Crippen LogP contribution is 2.31. The average Bonchev–Trinajstić information content (AvgIpc) is 2.47. The normalized spacial score (nSPS) is 25.2. The first-order valence-corrected chi connectivity index (χ1v) is 7.82. The van der Waals surface area contributed by atoms with E-state index in [0.717, 1.165) is 12.0 Å². The topological polar surface area (TPSA) is 15.3 Å². The first-order chi connectivity index (χ1) is 9.33. The molecule has 0 spiro atoms. The van der Waals surface area contributed by atoms with Gasteiger partial charge in [0.25, 0.3) is 0 Å². The van der Waals surface area contributed by atoms with Crippen LogP contribution in [0.4, 0.5) is 0 Å². The molecule has 3 rings (SSSR count). The van der Waals surface area contributed by atoms with Crippen molar-refractivity contribution in [1.82, 2.24) is 10.2 Å². The summed E-state index contributed by atoms with van der Waals surface area (Å²) in [6.07, 6.45) is 6.62. The molecule has 1 fully saturated rings. The number of nitrogens with zero attached hydrogens (tertiary/aromatic N) is 1. The van der Waals surface area contributed by atoms with Crippen LogP contribution < -0.4 is 5.32 Å². The molecule has 1 saturated heterocycles. The molecule has 19 heavy (non-hydrogen) atoms. The van der Waals surface area contributed by atoms with E-state index in [-0.39, 0.29) is 0 Å². The number of aryl methyl sites for hydroxylation is 1. The van der Waals surface area contributed by atoms with E-state index in [9.17, 15) is 0 Å². The number of fused-ring (bicyclic) bond motifs is 1. The minimum Gasteiger partial charge on any atom is -0.313 e. The Hall–Kier alpha value is -0.860. The van der Waals surface area contributed by atoms with Gasteiger partial charge in [0.15, 0.2) is 0 Å². The number of nitrogens with one attached hydrogen (secondary N) is 1. The average molecular weight is 258 g/mol. The monoisotopic (exact) mass is 258 g/mol. The molecule has 1 aromatic rings. The summed E-state index contributed by atoms with van der Waals surface area (Å²) in [6, 6.07) is 9.79. The number of likely N-dealkylation sites (tertiary alicyclic amines) is 1. The van der Waals surface area contributed by atoms with E-state index < -0.39 is 0 Å². The predicted octanol–water partition coefficient (Wildman–Crippen LogP) is 2.79. The molecular formula is C17H26N2. The second kappa shape index (κ2) is 6.06. The minimum absolute atomic E-state index is 0.740. The van der Waals surface area contributed by atoms with Gasteiger partial charge >= 0.3 is 0 Å². The van der Waals surface area contributed by atoms with E-state index in [1.54, 1.807) is 11.1 Å². The van der Waals surface area contributed by atoms with Crippen molar-refractivity contribution >= 4 is 0 Å². The van der Waals surface area contributed by atoms with Gasteiger partial charge in [-0.3, -0.25) is 0 Å². The summed E-state index contributed by atoms with van der Waals surface area (Å²) in [5.74, 6) is 0.740. The van der Waals surface area contributed by atoms with Crippen LogP contribution in [0, 0.1) is 0 Å². The summed E-state index contributed by atoms with van der Waals surface area (Å²) in [4.78, 5) is 2.44. The van der Waals surface area contributed by atoms with Gasteiger partial charge in [0.05, 0.1) is 0 Å². The lowest BCUT2D eigenvalue weighted by molar-refractivity contribution is 0.232. The lowest BCUT2D eigenvalue weighted by Crippen LogP contribution is -2.42. The van der Waals surface area contributed by atoms with Crippen molar-refractivity contribution in [1.29, 1.82) is 0 Å². The Balaban J connectivity index is 1.56. The molecule has 1 aromatic carbocycles. The maximum Gasteiger partial charge on any atom is 0.00916 e. The molecule has 0 bridgehead atoms. The molecule has 0 aromatic heterocycles. The van der Waals surface area contributed by atoms with Crippen LogP contribution in [-0.4, -0.2) is 37.6 Å². The van der Waals surface area contributed by atoms with Crippen molar-refractivity contribution in [3.05, 3.63) is 35.4 Å². The summed E-state index contributed by atoms with van der Waals surface area (Å²) in [7, 11) is 2.23. The van der Waals surface area contributed by atoms with Gasteiger partial charge in [-0.2, -0.15) is 0 Å². The molecule has 2 heteroatoms. The third kappa shape index (κ3) is 3.18. The van der Waals surface area contributed by atoms with Crippen molar-refractivity contribution in [2.45, 2.75) is 44.1 Å². The van der Waals surface area contributed by atoms with Crippen molar-refractivity contribution in [3.8, 4) is 0 Å². The van der Waals surface area contributed by atoms with Crippen LogP contribution >= 0.6 is 0 Å². The predicted molar refractivity (Wildman–Crippen MR) is 80.6 cm³/mol.